The summed E-state index contributed by atoms with van der Waals surface area (Å²) in [7, 11) is 1.87. The molecule has 0 unspecified atom stereocenters. The number of benzene rings is 3. The molecule has 4 heteroatoms. The van der Waals surface area contributed by atoms with Crippen LogP contribution in [0.15, 0.2) is 66.7 Å². The predicted octanol–water partition coefficient (Wildman–Crippen LogP) is 6.78. The zero-order valence-corrected chi connectivity index (χ0v) is 15.4. The molecule has 0 heterocycles. The first-order chi connectivity index (χ1) is 12.7. The SMILES string of the molecule is CN(c1ccc(C(F)(F)F)cc1)c1ccc2c(c1)C(C)(C)c1ccccc1-2. The van der Waals surface area contributed by atoms with E-state index in [0.717, 1.165) is 23.5 Å². The number of alkyl halides is 3. The number of nitrogens with zero attached hydrogens (tertiary/aromatic N) is 1. The van der Waals surface area contributed by atoms with E-state index in [9.17, 15) is 13.2 Å². The Balaban J connectivity index is 1.72. The average molecular weight is 367 g/mol. The standard InChI is InChI=1S/C23H20F3N/c1-22(2)20-7-5-4-6-18(20)19-13-12-17(14-21(19)22)27(3)16-10-8-15(9-11-16)23(24,25)26/h4-14H,1-3H3. The van der Waals surface area contributed by atoms with E-state index < -0.39 is 11.7 Å². The lowest BCUT2D eigenvalue weighted by atomic mass is 9.82. The summed E-state index contributed by atoms with van der Waals surface area (Å²) in [6, 6.07) is 20.0. The van der Waals surface area contributed by atoms with E-state index in [4.69, 9.17) is 0 Å². The van der Waals surface area contributed by atoms with Crippen LogP contribution in [0.3, 0.4) is 0 Å². The van der Waals surface area contributed by atoms with Crippen molar-refractivity contribution in [3.63, 3.8) is 0 Å². The van der Waals surface area contributed by atoms with Gasteiger partial charge in [-0.2, -0.15) is 13.2 Å². The fourth-order valence-corrected chi connectivity index (χ4v) is 3.92. The average Bonchev–Trinajstić information content (AvgIpc) is 2.88. The van der Waals surface area contributed by atoms with Crippen molar-refractivity contribution in [2.24, 2.45) is 0 Å². The van der Waals surface area contributed by atoms with Crippen molar-refractivity contribution < 1.29 is 13.2 Å². The van der Waals surface area contributed by atoms with Crippen LogP contribution in [0.1, 0.15) is 30.5 Å². The summed E-state index contributed by atoms with van der Waals surface area (Å²) in [5.74, 6) is 0. The first-order valence-corrected chi connectivity index (χ1v) is 8.85. The van der Waals surface area contributed by atoms with Crippen molar-refractivity contribution in [1.29, 1.82) is 0 Å². The van der Waals surface area contributed by atoms with Crippen molar-refractivity contribution in [1.82, 2.24) is 0 Å². The third kappa shape index (κ3) is 2.80. The van der Waals surface area contributed by atoms with Crippen molar-refractivity contribution in [2.75, 3.05) is 11.9 Å². The Morgan fingerprint density at radius 2 is 1.33 bits per heavy atom. The molecule has 1 aliphatic rings. The molecule has 0 saturated heterocycles. The maximum absolute atomic E-state index is 12.8. The van der Waals surface area contributed by atoms with Gasteiger partial charge in [-0.05, 0) is 58.7 Å². The van der Waals surface area contributed by atoms with Crippen molar-refractivity contribution in [3.05, 3.63) is 83.4 Å². The van der Waals surface area contributed by atoms with Gasteiger partial charge in [0.2, 0.25) is 0 Å². The lowest BCUT2D eigenvalue weighted by Crippen LogP contribution is -2.16. The molecule has 0 fully saturated rings. The van der Waals surface area contributed by atoms with E-state index in [0.29, 0.717) is 0 Å². The van der Waals surface area contributed by atoms with Gasteiger partial charge in [-0.25, -0.2) is 0 Å². The zero-order valence-electron chi connectivity index (χ0n) is 15.4. The maximum atomic E-state index is 12.8. The van der Waals surface area contributed by atoms with Crippen LogP contribution in [0, 0.1) is 0 Å². The molecule has 1 nitrogen and oxygen atoms in total. The van der Waals surface area contributed by atoms with Crippen molar-refractivity contribution in [3.8, 4) is 11.1 Å². The fraction of sp³-hybridized carbons (Fsp3) is 0.217. The molecule has 0 amide bonds. The summed E-state index contributed by atoms with van der Waals surface area (Å²) < 4.78 is 38.4. The van der Waals surface area contributed by atoms with Crippen LogP contribution < -0.4 is 4.90 Å². The third-order valence-electron chi connectivity index (χ3n) is 5.54. The van der Waals surface area contributed by atoms with Crippen LogP contribution >= 0.6 is 0 Å². The largest absolute Gasteiger partial charge is 0.416 e. The van der Waals surface area contributed by atoms with E-state index in [1.54, 1.807) is 0 Å². The fourth-order valence-electron chi connectivity index (χ4n) is 3.92. The molecule has 0 N–H and O–H groups in total. The molecule has 0 saturated carbocycles. The van der Waals surface area contributed by atoms with Gasteiger partial charge < -0.3 is 4.90 Å². The molecule has 4 rings (SSSR count). The monoisotopic (exact) mass is 367 g/mol. The Morgan fingerprint density at radius 1 is 0.741 bits per heavy atom. The minimum atomic E-state index is -4.32. The number of anilines is 2. The Morgan fingerprint density at radius 3 is 2.00 bits per heavy atom. The van der Waals surface area contributed by atoms with E-state index in [1.165, 1.54) is 34.4 Å². The van der Waals surface area contributed by atoms with Crippen LogP contribution in [0.4, 0.5) is 24.5 Å². The zero-order chi connectivity index (χ0) is 19.4. The van der Waals surface area contributed by atoms with Crippen LogP contribution in [0.25, 0.3) is 11.1 Å². The highest BCUT2D eigenvalue weighted by Crippen LogP contribution is 2.49. The van der Waals surface area contributed by atoms with Crippen LogP contribution in [0.2, 0.25) is 0 Å². The molecule has 3 aromatic carbocycles. The highest BCUT2D eigenvalue weighted by Gasteiger charge is 2.35. The van der Waals surface area contributed by atoms with Gasteiger partial charge in [0.1, 0.15) is 0 Å². The van der Waals surface area contributed by atoms with Gasteiger partial charge in [-0.15, -0.1) is 0 Å². The second kappa shape index (κ2) is 5.88. The molecule has 27 heavy (non-hydrogen) atoms. The van der Waals surface area contributed by atoms with Gasteiger partial charge in [0.15, 0.2) is 0 Å². The molecule has 0 aliphatic heterocycles. The second-order valence-corrected chi connectivity index (χ2v) is 7.50. The Bertz CT molecular complexity index is 1000. The molecule has 138 valence electrons. The normalized spacial score (nSPS) is 14.6. The number of rotatable bonds is 2. The Hall–Kier alpha value is -2.75. The summed E-state index contributed by atoms with van der Waals surface area (Å²) in [5.41, 5.74) is 5.94. The van der Waals surface area contributed by atoms with E-state index >= 15 is 0 Å². The smallest absolute Gasteiger partial charge is 0.345 e. The van der Waals surface area contributed by atoms with E-state index in [-0.39, 0.29) is 5.41 Å². The summed E-state index contributed by atoms with van der Waals surface area (Å²) in [6.45, 7) is 4.42. The van der Waals surface area contributed by atoms with Crippen LogP contribution in [-0.2, 0) is 11.6 Å². The summed E-state index contributed by atoms with van der Waals surface area (Å²) in [5, 5.41) is 0. The van der Waals surface area contributed by atoms with Gasteiger partial charge in [0.05, 0.1) is 5.56 Å². The van der Waals surface area contributed by atoms with Crippen molar-refractivity contribution >= 4 is 11.4 Å². The molecular weight excluding hydrogens is 347 g/mol. The maximum Gasteiger partial charge on any atom is 0.416 e. The first kappa shape index (κ1) is 17.7. The van der Waals surface area contributed by atoms with Gasteiger partial charge in [0.25, 0.3) is 0 Å². The molecular formula is C23H20F3N. The minimum Gasteiger partial charge on any atom is -0.345 e. The van der Waals surface area contributed by atoms with Crippen LogP contribution in [0.5, 0.6) is 0 Å². The number of hydrogen-bond donors (Lipinski definition) is 0. The molecule has 0 bridgehead atoms. The number of hydrogen-bond acceptors (Lipinski definition) is 1. The summed E-state index contributed by atoms with van der Waals surface area (Å²) in [6.07, 6.45) is -4.32. The number of fused-ring (bicyclic) bond motifs is 3. The highest BCUT2D eigenvalue weighted by molar-refractivity contribution is 5.83. The molecule has 1 aliphatic carbocycles. The van der Waals surface area contributed by atoms with E-state index in [1.807, 2.05) is 24.1 Å². The molecule has 0 atom stereocenters. The summed E-state index contributed by atoms with van der Waals surface area (Å²) in [4.78, 5) is 1.92. The van der Waals surface area contributed by atoms with Gasteiger partial charge >= 0.3 is 6.18 Å². The topological polar surface area (TPSA) is 3.24 Å². The summed E-state index contributed by atoms with van der Waals surface area (Å²) >= 11 is 0. The molecule has 0 spiro atoms. The Kier molecular flexibility index (Phi) is 3.84. The first-order valence-electron chi connectivity index (χ1n) is 8.85. The minimum absolute atomic E-state index is 0.108. The van der Waals surface area contributed by atoms with Gasteiger partial charge in [-0.3, -0.25) is 0 Å². The van der Waals surface area contributed by atoms with E-state index in [2.05, 4.69) is 44.2 Å². The molecule has 0 radical (unpaired) electrons. The van der Waals surface area contributed by atoms with Gasteiger partial charge in [-0.1, -0.05) is 44.2 Å². The lowest BCUT2D eigenvalue weighted by Gasteiger charge is -2.25. The highest BCUT2D eigenvalue weighted by atomic mass is 19.4. The predicted molar refractivity (Wildman–Crippen MR) is 104 cm³/mol. The van der Waals surface area contributed by atoms with Crippen LogP contribution in [-0.4, -0.2) is 7.05 Å². The third-order valence-corrected chi connectivity index (χ3v) is 5.54. The second-order valence-electron chi connectivity index (χ2n) is 7.50. The van der Waals surface area contributed by atoms with Gasteiger partial charge in [0, 0.05) is 23.8 Å². The van der Waals surface area contributed by atoms with Crippen molar-refractivity contribution in [2.45, 2.75) is 25.4 Å². The lowest BCUT2D eigenvalue weighted by molar-refractivity contribution is -0.137. The Labute approximate surface area is 157 Å². The molecule has 0 aromatic heterocycles. The molecule has 3 aromatic rings. The number of halogens is 3. The quantitative estimate of drug-likeness (QED) is 0.482.